The van der Waals surface area contributed by atoms with E-state index in [1.807, 2.05) is 18.2 Å². The summed E-state index contributed by atoms with van der Waals surface area (Å²) in [6, 6.07) is 5.11. The number of nitrogens with zero attached hydrogens (tertiary/aromatic N) is 4. The molecule has 0 unspecified atom stereocenters. The molecule has 1 aliphatic carbocycles. The number of carbonyl (C=O) groups is 2. The van der Waals surface area contributed by atoms with Crippen LogP contribution in [0.1, 0.15) is 25.7 Å². The van der Waals surface area contributed by atoms with Crippen molar-refractivity contribution < 1.29 is 9.59 Å². The maximum absolute atomic E-state index is 12.7. The number of carbonyl (C=O) groups excluding carboxylic acids is 2. The van der Waals surface area contributed by atoms with E-state index in [4.69, 9.17) is 0 Å². The van der Waals surface area contributed by atoms with E-state index >= 15 is 0 Å². The first-order valence-electron chi connectivity index (χ1n) is 8.23. The zero-order chi connectivity index (χ0) is 16.5. The fraction of sp³-hybridized carbons (Fsp3) is 0.500. The Balaban J connectivity index is 1.49. The third-order valence-corrected chi connectivity index (χ3v) is 5.73. The summed E-state index contributed by atoms with van der Waals surface area (Å²) >= 11 is 1.62. The molecule has 1 saturated heterocycles. The van der Waals surface area contributed by atoms with Crippen molar-refractivity contribution in [2.45, 2.75) is 31.7 Å². The lowest BCUT2D eigenvalue weighted by Gasteiger charge is -2.25. The molecule has 2 fully saturated rings. The van der Waals surface area contributed by atoms with Gasteiger partial charge in [0, 0.05) is 17.9 Å². The molecule has 0 aromatic carbocycles. The molecule has 8 heteroatoms. The van der Waals surface area contributed by atoms with Crippen molar-refractivity contribution in [2.75, 3.05) is 16.9 Å². The van der Waals surface area contributed by atoms with Gasteiger partial charge in [0.05, 0.1) is 5.88 Å². The molecule has 0 radical (unpaired) electrons. The number of anilines is 1. The van der Waals surface area contributed by atoms with Gasteiger partial charge in [-0.3, -0.25) is 19.3 Å². The number of fused-ring (bicyclic) bond motifs is 1. The van der Waals surface area contributed by atoms with Crippen LogP contribution >= 0.6 is 11.8 Å². The van der Waals surface area contributed by atoms with Gasteiger partial charge >= 0.3 is 0 Å². The molecule has 0 spiro atoms. The van der Waals surface area contributed by atoms with Crippen LogP contribution in [0.2, 0.25) is 0 Å². The minimum Gasteiger partial charge on any atom is -0.320 e. The van der Waals surface area contributed by atoms with Crippen LogP contribution in [0.4, 0.5) is 5.95 Å². The van der Waals surface area contributed by atoms with Gasteiger partial charge < -0.3 is 4.90 Å². The van der Waals surface area contributed by atoms with Crippen molar-refractivity contribution in [3.8, 4) is 0 Å². The van der Waals surface area contributed by atoms with Crippen molar-refractivity contribution in [1.29, 1.82) is 0 Å². The largest absolute Gasteiger partial charge is 0.320 e. The van der Waals surface area contributed by atoms with E-state index in [0.29, 0.717) is 23.2 Å². The molecule has 7 nitrogen and oxygen atoms in total. The van der Waals surface area contributed by atoms with Gasteiger partial charge in [0.1, 0.15) is 6.04 Å². The van der Waals surface area contributed by atoms with Gasteiger partial charge in [0.15, 0.2) is 5.65 Å². The molecule has 1 aliphatic heterocycles. The van der Waals surface area contributed by atoms with Crippen LogP contribution in [0, 0.1) is 5.92 Å². The Morgan fingerprint density at radius 2 is 2.04 bits per heavy atom. The van der Waals surface area contributed by atoms with Crippen LogP contribution in [0.3, 0.4) is 0 Å². The Kier molecular flexibility index (Phi) is 4.13. The van der Waals surface area contributed by atoms with Crippen LogP contribution in [-0.2, 0) is 9.59 Å². The third kappa shape index (κ3) is 2.75. The summed E-state index contributed by atoms with van der Waals surface area (Å²) in [5.74, 6) is 1.64. The van der Waals surface area contributed by atoms with E-state index in [0.717, 1.165) is 25.7 Å². The van der Waals surface area contributed by atoms with Crippen LogP contribution in [0.5, 0.6) is 0 Å². The van der Waals surface area contributed by atoms with E-state index in [1.54, 1.807) is 27.3 Å². The molecule has 1 saturated carbocycles. The van der Waals surface area contributed by atoms with Gasteiger partial charge in [-0.25, -0.2) is 0 Å². The second kappa shape index (κ2) is 6.43. The molecule has 2 amide bonds. The minimum absolute atomic E-state index is 0.0907. The van der Waals surface area contributed by atoms with E-state index in [2.05, 4.69) is 15.5 Å². The van der Waals surface area contributed by atoms with E-state index < -0.39 is 6.04 Å². The van der Waals surface area contributed by atoms with Crippen LogP contribution in [-0.4, -0.2) is 49.0 Å². The number of hydrogen-bond acceptors (Lipinski definition) is 5. The summed E-state index contributed by atoms with van der Waals surface area (Å²) in [5.41, 5.74) is 0.674. The van der Waals surface area contributed by atoms with Gasteiger partial charge in [-0.15, -0.1) is 22.0 Å². The predicted octanol–water partition coefficient (Wildman–Crippen LogP) is 1.76. The van der Waals surface area contributed by atoms with Crippen LogP contribution in [0.25, 0.3) is 5.65 Å². The number of amides is 2. The molecule has 1 N–H and O–H groups in total. The molecule has 2 aliphatic rings. The number of hydrogen-bond donors (Lipinski definition) is 1. The maximum atomic E-state index is 12.7. The second-order valence-electron chi connectivity index (χ2n) is 6.25. The highest BCUT2D eigenvalue weighted by Gasteiger charge is 2.38. The van der Waals surface area contributed by atoms with Gasteiger partial charge in [-0.2, -0.15) is 0 Å². The highest BCUT2D eigenvalue weighted by molar-refractivity contribution is 7.99. The third-order valence-electron chi connectivity index (χ3n) is 4.72. The van der Waals surface area contributed by atoms with Gasteiger partial charge in [0.25, 0.3) is 0 Å². The smallest absolute Gasteiger partial charge is 0.250 e. The number of rotatable bonds is 3. The van der Waals surface area contributed by atoms with Gasteiger partial charge in [-0.1, -0.05) is 18.9 Å². The molecule has 24 heavy (non-hydrogen) atoms. The molecule has 2 aromatic rings. The average molecular weight is 345 g/mol. The maximum Gasteiger partial charge on any atom is 0.250 e. The normalized spacial score (nSPS) is 21.5. The lowest BCUT2D eigenvalue weighted by atomic mass is 10.1. The Bertz CT molecular complexity index is 771. The van der Waals surface area contributed by atoms with Crippen molar-refractivity contribution in [3.63, 3.8) is 0 Å². The zero-order valence-corrected chi connectivity index (χ0v) is 14.0. The van der Waals surface area contributed by atoms with E-state index in [-0.39, 0.29) is 17.7 Å². The highest BCUT2D eigenvalue weighted by Crippen LogP contribution is 2.31. The monoisotopic (exact) mass is 345 g/mol. The first-order chi connectivity index (χ1) is 11.7. The lowest BCUT2D eigenvalue weighted by molar-refractivity contribution is -0.139. The fourth-order valence-electron chi connectivity index (χ4n) is 3.40. The number of pyridine rings is 1. The van der Waals surface area contributed by atoms with Crippen LogP contribution < -0.4 is 5.32 Å². The summed E-state index contributed by atoms with van der Waals surface area (Å²) in [4.78, 5) is 27.1. The second-order valence-corrected chi connectivity index (χ2v) is 7.25. The van der Waals surface area contributed by atoms with Gasteiger partial charge in [0.2, 0.25) is 17.8 Å². The molecule has 1 atom stereocenters. The number of aromatic nitrogens is 3. The fourth-order valence-corrected chi connectivity index (χ4v) is 4.57. The first kappa shape index (κ1) is 15.4. The average Bonchev–Trinajstić information content (AvgIpc) is 3.35. The Morgan fingerprint density at radius 1 is 1.21 bits per heavy atom. The Hall–Kier alpha value is -2.09. The molecule has 2 aromatic heterocycles. The van der Waals surface area contributed by atoms with Crippen molar-refractivity contribution in [1.82, 2.24) is 19.5 Å². The molecule has 4 rings (SSSR count). The topological polar surface area (TPSA) is 79.6 Å². The quantitative estimate of drug-likeness (QED) is 0.917. The summed E-state index contributed by atoms with van der Waals surface area (Å²) in [7, 11) is 0. The molecular formula is C16H19N5O2S. The predicted molar refractivity (Wildman–Crippen MR) is 91.5 cm³/mol. The minimum atomic E-state index is -0.431. The van der Waals surface area contributed by atoms with Crippen molar-refractivity contribution >= 4 is 35.2 Å². The SMILES string of the molecule is O=C(Nc1nnc2ccccn12)[C@@H]1CSCN1C(=O)C1CCCC1. The summed E-state index contributed by atoms with van der Waals surface area (Å²) in [6.45, 7) is 0. The summed E-state index contributed by atoms with van der Waals surface area (Å²) in [5, 5.41) is 10.9. The Morgan fingerprint density at radius 3 is 2.88 bits per heavy atom. The molecule has 126 valence electrons. The summed E-state index contributed by atoms with van der Waals surface area (Å²) in [6.07, 6.45) is 5.92. The Labute approximate surface area is 143 Å². The van der Waals surface area contributed by atoms with Crippen molar-refractivity contribution in [3.05, 3.63) is 24.4 Å². The van der Waals surface area contributed by atoms with Crippen molar-refractivity contribution in [2.24, 2.45) is 5.92 Å². The first-order valence-corrected chi connectivity index (χ1v) is 9.38. The molecule has 0 bridgehead atoms. The molecular weight excluding hydrogens is 326 g/mol. The standard InChI is InChI=1S/C16H19N5O2S/c22-14(17-16-19-18-13-7-3-4-8-20(13)16)12-9-24-10-21(12)15(23)11-5-1-2-6-11/h3-4,7-8,11-12H,1-2,5-6,9-10H2,(H,17,19,22)/t12-/m0/s1. The van der Waals surface area contributed by atoms with E-state index in [1.165, 1.54) is 0 Å². The number of thioether (sulfide) groups is 1. The molecule has 3 heterocycles. The highest BCUT2D eigenvalue weighted by atomic mass is 32.2. The number of nitrogens with one attached hydrogen (secondary N) is 1. The lowest BCUT2D eigenvalue weighted by Crippen LogP contribution is -2.46. The van der Waals surface area contributed by atoms with E-state index in [9.17, 15) is 9.59 Å². The van der Waals surface area contributed by atoms with Gasteiger partial charge in [-0.05, 0) is 25.0 Å². The zero-order valence-electron chi connectivity index (χ0n) is 13.2. The summed E-state index contributed by atoms with van der Waals surface area (Å²) < 4.78 is 1.73. The van der Waals surface area contributed by atoms with Crippen LogP contribution in [0.15, 0.2) is 24.4 Å².